The highest BCUT2D eigenvalue weighted by molar-refractivity contribution is 5.93. The predicted molar refractivity (Wildman–Crippen MR) is 150 cm³/mol. The number of rotatable bonds is 10. The van der Waals surface area contributed by atoms with E-state index in [-0.39, 0.29) is 30.8 Å². The van der Waals surface area contributed by atoms with Crippen LogP contribution in [0.2, 0.25) is 0 Å². The van der Waals surface area contributed by atoms with Gasteiger partial charge in [-0.1, -0.05) is 43.0 Å². The summed E-state index contributed by atoms with van der Waals surface area (Å²) in [5, 5.41) is 5.91. The highest BCUT2D eigenvalue weighted by atomic mass is 16.6. The van der Waals surface area contributed by atoms with Crippen molar-refractivity contribution in [2.24, 2.45) is 5.73 Å². The van der Waals surface area contributed by atoms with E-state index < -0.39 is 35.6 Å². The summed E-state index contributed by atoms with van der Waals surface area (Å²) in [5.74, 6) is -1.19. The smallest absolute Gasteiger partial charge is 0.408 e. The van der Waals surface area contributed by atoms with Crippen molar-refractivity contribution in [2.75, 3.05) is 0 Å². The van der Waals surface area contributed by atoms with Gasteiger partial charge in [-0.2, -0.15) is 0 Å². The zero-order valence-electron chi connectivity index (χ0n) is 24.2. The van der Waals surface area contributed by atoms with Crippen LogP contribution >= 0.6 is 0 Å². The molecule has 9 heteroatoms. The lowest BCUT2D eigenvalue weighted by Crippen LogP contribution is -2.58. The Labute approximate surface area is 232 Å². The van der Waals surface area contributed by atoms with Crippen LogP contribution in [-0.2, 0) is 19.1 Å². The van der Waals surface area contributed by atoms with Gasteiger partial charge in [0.15, 0.2) is 0 Å². The van der Waals surface area contributed by atoms with E-state index in [1.54, 1.807) is 25.7 Å². The summed E-state index contributed by atoms with van der Waals surface area (Å²) in [6, 6.07) is 3.89. The van der Waals surface area contributed by atoms with Gasteiger partial charge >= 0.3 is 6.09 Å². The molecule has 3 rings (SSSR count). The van der Waals surface area contributed by atoms with Gasteiger partial charge in [0.25, 0.3) is 0 Å². The number of amides is 4. The summed E-state index contributed by atoms with van der Waals surface area (Å²) in [4.78, 5) is 54.4. The lowest BCUT2D eigenvalue weighted by molar-refractivity contribution is -0.148. The van der Waals surface area contributed by atoms with E-state index in [0.717, 1.165) is 68.1 Å². The third kappa shape index (κ3) is 8.70. The lowest BCUT2D eigenvalue weighted by atomic mass is 9.86. The second-order valence-corrected chi connectivity index (χ2v) is 12.1. The number of aryl methyl sites for hydroxylation is 2. The van der Waals surface area contributed by atoms with E-state index >= 15 is 0 Å². The Balaban J connectivity index is 2.00. The van der Waals surface area contributed by atoms with E-state index in [4.69, 9.17) is 10.5 Å². The molecule has 1 aromatic rings. The topological polar surface area (TPSA) is 131 Å². The van der Waals surface area contributed by atoms with Gasteiger partial charge in [0.05, 0.1) is 0 Å². The molecule has 0 heterocycles. The van der Waals surface area contributed by atoms with Gasteiger partial charge in [-0.15, -0.1) is 0 Å². The molecule has 0 saturated heterocycles. The summed E-state index contributed by atoms with van der Waals surface area (Å²) >= 11 is 0. The molecule has 0 bridgehead atoms. The molecule has 0 spiro atoms. The number of nitrogens with two attached hydrogens (primary N) is 1. The first kappa shape index (κ1) is 30.4. The fourth-order valence-electron chi connectivity index (χ4n) is 5.43. The molecule has 4 amide bonds. The van der Waals surface area contributed by atoms with Crippen LogP contribution in [0.3, 0.4) is 0 Å². The quantitative estimate of drug-likeness (QED) is 0.405. The second kappa shape index (κ2) is 13.3. The zero-order valence-corrected chi connectivity index (χ0v) is 24.2. The molecule has 2 atom stereocenters. The largest absolute Gasteiger partial charge is 0.444 e. The molecule has 216 valence electrons. The fourth-order valence-corrected chi connectivity index (χ4v) is 5.43. The standard InChI is InChI=1S/C30H46N4O5/c1-19-14-15-23(20(2)18-19)26(27(36)32-21-10-7-6-8-11-21)34(22-12-9-13-22)28(37)24(16-17-25(31)35)33-29(38)39-30(3,4)5/h14-15,18,21-22,24,26H,6-13,16-17H2,1-5H3,(H2,31,35)(H,32,36)(H,33,38). The number of carbonyl (C=O) groups is 4. The monoisotopic (exact) mass is 542 g/mol. The number of nitrogens with zero attached hydrogens (tertiary/aromatic N) is 1. The molecule has 1 aromatic carbocycles. The van der Waals surface area contributed by atoms with Crippen molar-refractivity contribution >= 4 is 23.8 Å². The van der Waals surface area contributed by atoms with Crippen LogP contribution in [0.5, 0.6) is 0 Å². The molecular weight excluding hydrogens is 496 g/mol. The number of hydrogen-bond donors (Lipinski definition) is 3. The molecule has 2 saturated carbocycles. The first-order valence-electron chi connectivity index (χ1n) is 14.3. The van der Waals surface area contributed by atoms with Gasteiger partial charge in [-0.25, -0.2) is 4.79 Å². The molecule has 0 aliphatic heterocycles. The van der Waals surface area contributed by atoms with E-state index in [0.29, 0.717) is 0 Å². The Morgan fingerprint density at radius 3 is 2.23 bits per heavy atom. The minimum Gasteiger partial charge on any atom is -0.444 e. The zero-order chi connectivity index (χ0) is 28.7. The third-order valence-corrected chi connectivity index (χ3v) is 7.59. The summed E-state index contributed by atoms with van der Waals surface area (Å²) < 4.78 is 5.41. The molecule has 39 heavy (non-hydrogen) atoms. The summed E-state index contributed by atoms with van der Waals surface area (Å²) in [6.07, 6.45) is 6.79. The number of nitrogens with one attached hydrogen (secondary N) is 2. The Morgan fingerprint density at radius 1 is 1.03 bits per heavy atom. The molecule has 2 aliphatic rings. The third-order valence-electron chi connectivity index (χ3n) is 7.59. The summed E-state index contributed by atoms with van der Waals surface area (Å²) in [5.41, 5.74) is 7.39. The normalized spacial score (nSPS) is 17.9. The van der Waals surface area contributed by atoms with Crippen LogP contribution in [-0.4, -0.2) is 52.4 Å². The van der Waals surface area contributed by atoms with Crippen molar-refractivity contribution < 1.29 is 23.9 Å². The molecule has 2 aliphatic carbocycles. The minimum atomic E-state index is -1.07. The van der Waals surface area contributed by atoms with Gasteiger partial charge in [-0.05, 0) is 84.3 Å². The highest BCUT2D eigenvalue weighted by Crippen LogP contribution is 2.36. The van der Waals surface area contributed by atoms with Crippen LogP contribution in [0.1, 0.15) is 108 Å². The van der Waals surface area contributed by atoms with E-state index in [2.05, 4.69) is 10.6 Å². The van der Waals surface area contributed by atoms with Gasteiger partial charge < -0.3 is 26.0 Å². The number of benzene rings is 1. The van der Waals surface area contributed by atoms with Crippen LogP contribution in [0, 0.1) is 13.8 Å². The lowest BCUT2D eigenvalue weighted by Gasteiger charge is -2.44. The molecule has 0 radical (unpaired) electrons. The first-order valence-corrected chi connectivity index (χ1v) is 14.3. The van der Waals surface area contributed by atoms with Crippen LogP contribution in [0.15, 0.2) is 18.2 Å². The van der Waals surface area contributed by atoms with Gasteiger partial charge in [0.2, 0.25) is 17.7 Å². The molecule has 0 aromatic heterocycles. The van der Waals surface area contributed by atoms with Crippen LogP contribution < -0.4 is 16.4 Å². The molecule has 9 nitrogen and oxygen atoms in total. The van der Waals surface area contributed by atoms with Crippen LogP contribution in [0.4, 0.5) is 4.79 Å². The van der Waals surface area contributed by atoms with Crippen molar-refractivity contribution in [1.82, 2.24) is 15.5 Å². The SMILES string of the molecule is Cc1ccc(C(C(=O)NC2CCCCC2)N(C(=O)C(CCC(N)=O)NC(=O)OC(C)(C)C)C2CCC2)c(C)c1. The number of primary amides is 1. The molecular formula is C30H46N4O5. The molecule has 2 unspecified atom stereocenters. The highest BCUT2D eigenvalue weighted by Gasteiger charge is 2.42. The average molecular weight is 543 g/mol. The summed E-state index contributed by atoms with van der Waals surface area (Å²) in [6.45, 7) is 9.15. The maximum atomic E-state index is 14.3. The van der Waals surface area contributed by atoms with Crippen molar-refractivity contribution in [2.45, 2.75) is 129 Å². The van der Waals surface area contributed by atoms with Crippen molar-refractivity contribution in [1.29, 1.82) is 0 Å². The Hall–Kier alpha value is -3.10. The van der Waals surface area contributed by atoms with Crippen molar-refractivity contribution in [3.05, 3.63) is 34.9 Å². The molecule has 2 fully saturated rings. The van der Waals surface area contributed by atoms with E-state index in [1.807, 2.05) is 32.0 Å². The van der Waals surface area contributed by atoms with Crippen LogP contribution in [0.25, 0.3) is 0 Å². The fraction of sp³-hybridized carbons (Fsp3) is 0.667. The first-order chi connectivity index (χ1) is 18.4. The minimum absolute atomic E-state index is 0.0144. The van der Waals surface area contributed by atoms with E-state index in [9.17, 15) is 19.2 Å². The van der Waals surface area contributed by atoms with Crippen molar-refractivity contribution in [3.63, 3.8) is 0 Å². The maximum absolute atomic E-state index is 14.3. The number of alkyl carbamates (subject to hydrolysis) is 1. The van der Waals surface area contributed by atoms with E-state index in [1.165, 1.54) is 0 Å². The average Bonchev–Trinajstić information content (AvgIpc) is 2.80. The van der Waals surface area contributed by atoms with Crippen molar-refractivity contribution in [3.8, 4) is 0 Å². The van der Waals surface area contributed by atoms with Gasteiger partial charge in [0.1, 0.15) is 17.7 Å². The number of ether oxygens (including phenoxy) is 1. The number of hydrogen-bond acceptors (Lipinski definition) is 5. The molecule has 4 N–H and O–H groups in total. The Bertz CT molecular complexity index is 1040. The number of carbonyl (C=O) groups excluding carboxylic acids is 4. The Morgan fingerprint density at radius 2 is 1.69 bits per heavy atom. The Kier molecular flexibility index (Phi) is 10.4. The summed E-state index contributed by atoms with van der Waals surface area (Å²) in [7, 11) is 0. The van der Waals surface area contributed by atoms with Gasteiger partial charge in [0, 0.05) is 18.5 Å². The van der Waals surface area contributed by atoms with Gasteiger partial charge in [-0.3, -0.25) is 14.4 Å². The second-order valence-electron chi connectivity index (χ2n) is 12.1. The predicted octanol–water partition coefficient (Wildman–Crippen LogP) is 4.33. The maximum Gasteiger partial charge on any atom is 0.408 e.